The Balaban J connectivity index is 3.27. The molecule has 0 bridgehead atoms. The second-order valence-corrected chi connectivity index (χ2v) is 3.88. The monoisotopic (exact) mass is 198 g/mol. The van der Waals surface area contributed by atoms with Gasteiger partial charge in [0.2, 0.25) is 0 Å². The van der Waals surface area contributed by atoms with Crippen molar-refractivity contribution in [3.63, 3.8) is 0 Å². The molecule has 0 radical (unpaired) electrons. The summed E-state index contributed by atoms with van der Waals surface area (Å²) in [5.74, 6) is 1.32. The van der Waals surface area contributed by atoms with E-state index in [-0.39, 0.29) is 0 Å². The van der Waals surface area contributed by atoms with Crippen LogP contribution in [0.4, 0.5) is 0 Å². The quantitative estimate of drug-likeness (QED) is 0.582. The van der Waals surface area contributed by atoms with E-state index in [1.165, 1.54) is 0 Å². The van der Waals surface area contributed by atoms with E-state index in [2.05, 4.69) is 11.6 Å². The number of rotatable bonds is 4. The van der Waals surface area contributed by atoms with E-state index in [4.69, 9.17) is 5.11 Å². The maximum absolute atomic E-state index is 10.1. The summed E-state index contributed by atoms with van der Waals surface area (Å²) in [7, 11) is 0. The molecule has 0 aliphatic heterocycles. The van der Waals surface area contributed by atoms with Crippen LogP contribution in [0.25, 0.3) is 0 Å². The summed E-state index contributed by atoms with van der Waals surface area (Å²) in [6.07, 6.45) is 0.728. The van der Waals surface area contributed by atoms with Crippen molar-refractivity contribution in [1.29, 1.82) is 0 Å². The number of aliphatic carboxylic acids is 1. The topological polar surface area (TPSA) is 64.9 Å². The van der Waals surface area contributed by atoms with Crippen LogP contribution < -0.4 is 5.73 Å². The molecule has 0 aromatic heterocycles. The van der Waals surface area contributed by atoms with Gasteiger partial charge in [-0.3, -0.25) is 0 Å². The van der Waals surface area contributed by atoms with Gasteiger partial charge in [0.05, 0.1) is 0 Å². The number of hydrogen-bond donors (Lipinski definition) is 2. The van der Waals surface area contributed by atoms with Crippen molar-refractivity contribution < 1.29 is 15.6 Å². The van der Waals surface area contributed by atoms with Gasteiger partial charge in [-0.15, -0.1) is 0 Å². The first kappa shape index (κ1) is 8.95. The second kappa shape index (κ2) is 4.79. The van der Waals surface area contributed by atoms with Gasteiger partial charge >= 0.3 is 60.2 Å². The molecule has 4 heteroatoms. The van der Waals surface area contributed by atoms with Gasteiger partial charge in [-0.25, -0.2) is 0 Å². The van der Waals surface area contributed by atoms with Gasteiger partial charge in [0, 0.05) is 0 Å². The average molecular weight is 197 g/mol. The number of hydrogen-bond acceptors (Lipinski definition) is 1. The molecule has 0 heterocycles. The van der Waals surface area contributed by atoms with Crippen molar-refractivity contribution in [2.75, 3.05) is 0 Å². The summed E-state index contributed by atoms with van der Waals surface area (Å²) < 4.78 is 0. The van der Waals surface area contributed by atoms with Gasteiger partial charge in [-0.05, 0) is 0 Å². The van der Waals surface area contributed by atoms with Crippen LogP contribution in [0.5, 0.6) is 0 Å². The van der Waals surface area contributed by atoms with Crippen LogP contribution in [0, 0.1) is 0 Å². The molecule has 1 unspecified atom stereocenters. The van der Waals surface area contributed by atoms with Gasteiger partial charge in [0.25, 0.3) is 0 Å². The molecule has 0 aromatic rings. The summed E-state index contributed by atoms with van der Waals surface area (Å²) in [5.41, 5.74) is 3.49. The number of quaternary nitrogens is 1. The molecule has 1 atom stereocenters. The standard InChI is InChI=1S/C5H11NO2Se/c1-9-3-2-4(6)5(7)8/h4H,2-3,6H2,1H3,(H,7,8)/p+1. The van der Waals surface area contributed by atoms with Gasteiger partial charge in [-0.1, -0.05) is 0 Å². The predicted molar refractivity (Wildman–Crippen MR) is 35.4 cm³/mol. The average Bonchev–Trinajstić information content (AvgIpc) is 1.82. The normalized spacial score (nSPS) is 13.1. The Kier molecular flexibility index (Phi) is 4.77. The van der Waals surface area contributed by atoms with Gasteiger partial charge < -0.3 is 0 Å². The van der Waals surface area contributed by atoms with Crippen LogP contribution in [0.1, 0.15) is 6.42 Å². The first-order valence-electron chi connectivity index (χ1n) is 2.73. The molecule has 0 rings (SSSR count). The minimum absolute atomic E-state index is 0.396. The Morgan fingerprint density at radius 1 is 1.89 bits per heavy atom. The van der Waals surface area contributed by atoms with Crippen LogP contribution in [-0.4, -0.2) is 32.1 Å². The third kappa shape index (κ3) is 4.45. The van der Waals surface area contributed by atoms with Crippen LogP contribution in [-0.2, 0) is 4.79 Å². The molecule has 3 nitrogen and oxygen atoms in total. The molecule has 0 aliphatic rings. The zero-order valence-electron chi connectivity index (χ0n) is 5.46. The number of carbonyl (C=O) groups is 1. The van der Waals surface area contributed by atoms with Crippen molar-refractivity contribution in [2.45, 2.75) is 23.6 Å². The molecule has 0 saturated heterocycles. The van der Waals surface area contributed by atoms with E-state index >= 15 is 0 Å². The molecule has 0 aliphatic carbocycles. The zero-order valence-corrected chi connectivity index (χ0v) is 7.18. The Bertz CT molecular complexity index is 97.0. The van der Waals surface area contributed by atoms with Crippen molar-refractivity contribution in [1.82, 2.24) is 0 Å². The van der Waals surface area contributed by atoms with E-state index in [9.17, 15) is 4.79 Å². The Labute approximate surface area is 60.8 Å². The molecular formula is C5H12NO2Se+. The summed E-state index contributed by atoms with van der Waals surface area (Å²) >= 11 is 0.589. The number of carboxylic acid groups (broad SMARTS) is 1. The van der Waals surface area contributed by atoms with Crippen LogP contribution in [0.15, 0.2) is 0 Å². The molecule has 9 heavy (non-hydrogen) atoms. The third-order valence-corrected chi connectivity index (χ3v) is 2.37. The molecule has 54 valence electrons. The second-order valence-electron chi connectivity index (χ2n) is 1.82. The summed E-state index contributed by atoms with van der Waals surface area (Å²) in [4.78, 5) is 10.1. The Morgan fingerprint density at radius 3 is 2.78 bits per heavy atom. The fourth-order valence-electron chi connectivity index (χ4n) is 0.384. The number of carboxylic acids is 1. The van der Waals surface area contributed by atoms with Gasteiger partial charge in [0.15, 0.2) is 0 Å². The molecule has 4 N–H and O–H groups in total. The summed E-state index contributed by atoms with van der Waals surface area (Å²) in [6, 6.07) is -0.396. The first-order valence-corrected chi connectivity index (χ1v) is 5.65. The van der Waals surface area contributed by atoms with E-state index in [1.54, 1.807) is 0 Å². The third-order valence-electron chi connectivity index (χ3n) is 1.02. The Morgan fingerprint density at radius 2 is 2.44 bits per heavy atom. The van der Waals surface area contributed by atoms with E-state index < -0.39 is 12.0 Å². The fraction of sp³-hybridized carbons (Fsp3) is 0.800. The van der Waals surface area contributed by atoms with Gasteiger partial charge in [0.1, 0.15) is 0 Å². The van der Waals surface area contributed by atoms with Crippen molar-refractivity contribution in [3.05, 3.63) is 0 Å². The van der Waals surface area contributed by atoms with E-state index in [0.717, 1.165) is 11.7 Å². The fourth-order valence-corrected chi connectivity index (χ4v) is 1.48. The van der Waals surface area contributed by atoms with Crippen molar-refractivity contribution in [2.24, 2.45) is 0 Å². The van der Waals surface area contributed by atoms with Crippen molar-refractivity contribution >= 4 is 20.9 Å². The minimum atomic E-state index is -0.778. The summed E-state index contributed by atoms with van der Waals surface area (Å²) in [6.45, 7) is 0. The van der Waals surface area contributed by atoms with Crippen LogP contribution >= 0.6 is 0 Å². The molecule has 0 fully saturated rings. The van der Waals surface area contributed by atoms with Crippen LogP contribution in [0.3, 0.4) is 0 Å². The predicted octanol–water partition coefficient (Wildman–Crippen LogP) is -0.758. The molecular weight excluding hydrogens is 185 g/mol. The molecule has 0 aromatic carbocycles. The van der Waals surface area contributed by atoms with E-state index in [1.807, 2.05) is 0 Å². The van der Waals surface area contributed by atoms with Crippen molar-refractivity contribution in [3.8, 4) is 0 Å². The zero-order chi connectivity index (χ0) is 7.28. The molecule has 0 spiro atoms. The maximum atomic E-state index is 10.1. The van der Waals surface area contributed by atoms with Crippen LogP contribution in [0.2, 0.25) is 11.1 Å². The summed E-state index contributed by atoms with van der Waals surface area (Å²) in [5, 5.41) is 9.37. The molecule has 0 amide bonds. The first-order chi connectivity index (χ1) is 4.18. The SMILES string of the molecule is C[Se]CCC([NH3+])C(=O)O. The molecule has 0 saturated carbocycles. The van der Waals surface area contributed by atoms with E-state index in [0.29, 0.717) is 15.0 Å². The Hall–Kier alpha value is -0.0505. The van der Waals surface area contributed by atoms with Gasteiger partial charge in [-0.2, -0.15) is 0 Å².